The summed E-state index contributed by atoms with van der Waals surface area (Å²) in [5.41, 5.74) is 0.383. The van der Waals surface area contributed by atoms with Crippen LogP contribution in [0.5, 0.6) is 5.75 Å². The Bertz CT molecular complexity index is 436. The summed E-state index contributed by atoms with van der Waals surface area (Å²) in [6.45, 7) is 1.52. The molecule has 0 saturated carbocycles. The van der Waals surface area contributed by atoms with Crippen molar-refractivity contribution in [2.75, 3.05) is 14.2 Å². The van der Waals surface area contributed by atoms with Crippen LogP contribution in [0.15, 0.2) is 12.1 Å². The van der Waals surface area contributed by atoms with Gasteiger partial charge in [-0.15, -0.1) is 0 Å². The molecule has 0 aliphatic carbocycles. The Morgan fingerprint density at radius 3 is 2.19 bits per heavy atom. The standard InChI is InChI=1S/C11H12O5/c1-6-8(12)5-4-7(10(13)15-2)9(6)11(14)16-3/h4-5,12H,1-3H3. The summed E-state index contributed by atoms with van der Waals surface area (Å²) in [5, 5.41) is 9.46. The highest BCUT2D eigenvalue weighted by Crippen LogP contribution is 2.24. The van der Waals surface area contributed by atoms with Crippen LogP contribution in [0.1, 0.15) is 26.3 Å². The van der Waals surface area contributed by atoms with Gasteiger partial charge >= 0.3 is 11.9 Å². The molecule has 0 saturated heterocycles. The first-order valence-electron chi connectivity index (χ1n) is 4.52. The second-order valence-corrected chi connectivity index (χ2v) is 3.12. The maximum atomic E-state index is 11.5. The molecule has 1 rings (SSSR count). The Morgan fingerprint density at radius 1 is 1.12 bits per heavy atom. The third-order valence-electron chi connectivity index (χ3n) is 2.23. The van der Waals surface area contributed by atoms with E-state index in [0.717, 1.165) is 0 Å². The highest BCUT2D eigenvalue weighted by molar-refractivity contribution is 6.04. The average Bonchev–Trinajstić information content (AvgIpc) is 2.30. The van der Waals surface area contributed by atoms with Crippen LogP contribution in [-0.2, 0) is 9.47 Å². The van der Waals surface area contributed by atoms with Crippen molar-refractivity contribution < 1.29 is 24.2 Å². The normalized spacial score (nSPS) is 9.69. The molecule has 0 heterocycles. The maximum absolute atomic E-state index is 11.5. The van der Waals surface area contributed by atoms with Crippen molar-refractivity contribution >= 4 is 11.9 Å². The molecule has 1 N–H and O–H groups in total. The van der Waals surface area contributed by atoms with E-state index in [4.69, 9.17) is 0 Å². The number of aromatic hydroxyl groups is 1. The molecule has 0 fully saturated rings. The number of esters is 2. The largest absolute Gasteiger partial charge is 0.508 e. The van der Waals surface area contributed by atoms with Gasteiger partial charge in [-0.3, -0.25) is 0 Å². The van der Waals surface area contributed by atoms with Gasteiger partial charge in [0, 0.05) is 5.56 Å². The molecule has 0 amide bonds. The Labute approximate surface area is 92.6 Å². The van der Waals surface area contributed by atoms with Crippen LogP contribution < -0.4 is 0 Å². The van der Waals surface area contributed by atoms with Gasteiger partial charge in [-0.2, -0.15) is 0 Å². The van der Waals surface area contributed by atoms with Crippen LogP contribution >= 0.6 is 0 Å². The fourth-order valence-electron chi connectivity index (χ4n) is 1.35. The van der Waals surface area contributed by atoms with Crippen molar-refractivity contribution in [3.63, 3.8) is 0 Å². The van der Waals surface area contributed by atoms with E-state index in [0.29, 0.717) is 0 Å². The topological polar surface area (TPSA) is 72.8 Å². The summed E-state index contributed by atoms with van der Waals surface area (Å²) in [4.78, 5) is 22.9. The molecule has 1 aromatic rings. The van der Waals surface area contributed by atoms with E-state index in [1.807, 2.05) is 0 Å². The Morgan fingerprint density at radius 2 is 1.69 bits per heavy atom. The monoisotopic (exact) mass is 224 g/mol. The predicted octanol–water partition coefficient (Wildman–Crippen LogP) is 1.27. The number of benzene rings is 1. The number of phenolic OH excluding ortho intramolecular Hbond substituents is 1. The summed E-state index contributed by atoms with van der Waals surface area (Å²) < 4.78 is 9.09. The van der Waals surface area contributed by atoms with E-state index in [9.17, 15) is 14.7 Å². The van der Waals surface area contributed by atoms with Crippen molar-refractivity contribution in [3.05, 3.63) is 28.8 Å². The summed E-state index contributed by atoms with van der Waals surface area (Å²) in [7, 11) is 2.42. The Balaban J connectivity index is 3.44. The molecule has 0 aromatic heterocycles. The minimum Gasteiger partial charge on any atom is -0.508 e. The fraction of sp³-hybridized carbons (Fsp3) is 0.273. The molecule has 0 radical (unpaired) electrons. The van der Waals surface area contributed by atoms with Crippen LogP contribution in [0.3, 0.4) is 0 Å². The van der Waals surface area contributed by atoms with Gasteiger partial charge < -0.3 is 14.6 Å². The van der Waals surface area contributed by atoms with E-state index in [-0.39, 0.29) is 22.4 Å². The average molecular weight is 224 g/mol. The molecule has 0 atom stereocenters. The van der Waals surface area contributed by atoms with Crippen molar-refractivity contribution in [2.45, 2.75) is 6.92 Å². The van der Waals surface area contributed by atoms with Gasteiger partial charge in [0.25, 0.3) is 0 Å². The quantitative estimate of drug-likeness (QED) is 0.766. The van der Waals surface area contributed by atoms with Gasteiger partial charge in [0.05, 0.1) is 25.3 Å². The van der Waals surface area contributed by atoms with Gasteiger partial charge in [0.2, 0.25) is 0 Å². The first-order valence-corrected chi connectivity index (χ1v) is 4.52. The third-order valence-corrected chi connectivity index (χ3v) is 2.23. The number of phenols is 1. The van der Waals surface area contributed by atoms with E-state index < -0.39 is 11.9 Å². The molecule has 0 aliphatic heterocycles. The maximum Gasteiger partial charge on any atom is 0.339 e. The first kappa shape index (κ1) is 12.0. The molecule has 86 valence electrons. The molecule has 5 nitrogen and oxygen atoms in total. The zero-order valence-electron chi connectivity index (χ0n) is 9.23. The highest BCUT2D eigenvalue weighted by Gasteiger charge is 2.22. The second-order valence-electron chi connectivity index (χ2n) is 3.12. The number of carbonyl (C=O) groups excluding carboxylic acids is 2. The highest BCUT2D eigenvalue weighted by atomic mass is 16.5. The Hall–Kier alpha value is -2.04. The van der Waals surface area contributed by atoms with Crippen LogP contribution in [0.4, 0.5) is 0 Å². The number of hydrogen-bond donors (Lipinski definition) is 1. The second kappa shape index (κ2) is 4.65. The predicted molar refractivity (Wildman–Crippen MR) is 55.5 cm³/mol. The molecular formula is C11H12O5. The van der Waals surface area contributed by atoms with Crippen LogP contribution in [0.2, 0.25) is 0 Å². The molecule has 1 aromatic carbocycles. The number of rotatable bonds is 2. The zero-order chi connectivity index (χ0) is 12.3. The summed E-state index contributed by atoms with van der Waals surface area (Å²) in [6, 6.07) is 2.65. The fourth-order valence-corrected chi connectivity index (χ4v) is 1.35. The molecular weight excluding hydrogens is 212 g/mol. The minimum atomic E-state index is -0.686. The summed E-state index contributed by atoms with van der Waals surface area (Å²) in [5.74, 6) is -1.41. The SMILES string of the molecule is COC(=O)c1ccc(O)c(C)c1C(=O)OC. The van der Waals surface area contributed by atoms with Crippen molar-refractivity contribution in [2.24, 2.45) is 0 Å². The third kappa shape index (κ3) is 1.98. The Kier molecular flexibility index (Phi) is 3.50. The van der Waals surface area contributed by atoms with Gasteiger partial charge in [-0.05, 0) is 19.1 Å². The lowest BCUT2D eigenvalue weighted by Gasteiger charge is -2.10. The van der Waals surface area contributed by atoms with Crippen LogP contribution in [0.25, 0.3) is 0 Å². The van der Waals surface area contributed by atoms with E-state index in [1.165, 1.54) is 33.3 Å². The van der Waals surface area contributed by atoms with Crippen molar-refractivity contribution in [1.29, 1.82) is 0 Å². The minimum absolute atomic E-state index is 0.0225. The summed E-state index contributed by atoms with van der Waals surface area (Å²) >= 11 is 0. The van der Waals surface area contributed by atoms with E-state index >= 15 is 0 Å². The van der Waals surface area contributed by atoms with Gasteiger partial charge in [0.15, 0.2) is 0 Å². The van der Waals surface area contributed by atoms with Gasteiger partial charge in [0.1, 0.15) is 5.75 Å². The molecule has 0 unspecified atom stereocenters. The zero-order valence-corrected chi connectivity index (χ0v) is 9.23. The lowest BCUT2D eigenvalue weighted by atomic mass is 10.0. The molecule has 0 bridgehead atoms. The van der Waals surface area contributed by atoms with Crippen molar-refractivity contribution in [1.82, 2.24) is 0 Å². The lowest BCUT2D eigenvalue weighted by molar-refractivity contribution is 0.0554. The molecule has 0 spiro atoms. The number of hydrogen-bond acceptors (Lipinski definition) is 5. The molecule has 5 heteroatoms. The summed E-state index contributed by atoms with van der Waals surface area (Å²) in [6.07, 6.45) is 0. The number of ether oxygens (including phenoxy) is 2. The number of methoxy groups -OCH3 is 2. The van der Waals surface area contributed by atoms with Crippen molar-refractivity contribution in [3.8, 4) is 5.75 Å². The number of carbonyl (C=O) groups is 2. The molecule has 0 aliphatic rings. The first-order chi connectivity index (χ1) is 7.52. The van der Waals surface area contributed by atoms with E-state index in [2.05, 4.69) is 9.47 Å². The van der Waals surface area contributed by atoms with E-state index in [1.54, 1.807) is 0 Å². The molecule has 16 heavy (non-hydrogen) atoms. The van der Waals surface area contributed by atoms with Crippen LogP contribution in [-0.4, -0.2) is 31.3 Å². The van der Waals surface area contributed by atoms with Gasteiger partial charge in [-0.1, -0.05) is 0 Å². The smallest absolute Gasteiger partial charge is 0.339 e. The lowest BCUT2D eigenvalue weighted by Crippen LogP contribution is -2.13. The van der Waals surface area contributed by atoms with Gasteiger partial charge in [-0.25, -0.2) is 9.59 Å². The van der Waals surface area contributed by atoms with Crippen LogP contribution in [0, 0.1) is 6.92 Å².